The lowest BCUT2D eigenvalue weighted by Gasteiger charge is -2.03. The SMILES string of the molecule is COc1cc(Br)cc(C(=O)CCl)c1. The zero-order chi connectivity index (χ0) is 9.84. The van der Waals surface area contributed by atoms with Gasteiger partial charge in [-0.2, -0.15) is 0 Å². The minimum absolute atomic E-state index is 0.0143. The summed E-state index contributed by atoms with van der Waals surface area (Å²) in [5, 5.41) is 0. The third-order valence-corrected chi connectivity index (χ3v) is 2.25. The molecule has 1 aromatic carbocycles. The molecule has 1 rings (SSSR count). The van der Waals surface area contributed by atoms with Crippen LogP contribution in [0.15, 0.2) is 22.7 Å². The maximum Gasteiger partial charge on any atom is 0.177 e. The van der Waals surface area contributed by atoms with Crippen molar-refractivity contribution in [2.24, 2.45) is 0 Å². The quantitative estimate of drug-likeness (QED) is 0.619. The van der Waals surface area contributed by atoms with Gasteiger partial charge in [0.05, 0.1) is 13.0 Å². The first-order chi connectivity index (χ1) is 6.17. The van der Waals surface area contributed by atoms with Crippen LogP contribution in [0.25, 0.3) is 0 Å². The summed E-state index contributed by atoms with van der Waals surface area (Å²) in [7, 11) is 1.55. The van der Waals surface area contributed by atoms with Crippen LogP contribution in [-0.4, -0.2) is 18.8 Å². The van der Waals surface area contributed by atoms with E-state index in [1.807, 2.05) is 0 Å². The topological polar surface area (TPSA) is 26.3 Å². The number of carbonyl (C=O) groups excluding carboxylic acids is 1. The molecule has 0 saturated heterocycles. The molecule has 0 atom stereocenters. The molecule has 0 spiro atoms. The molecular weight excluding hydrogens is 255 g/mol. The van der Waals surface area contributed by atoms with E-state index in [4.69, 9.17) is 16.3 Å². The molecule has 0 aliphatic carbocycles. The molecule has 0 aromatic heterocycles. The Morgan fingerprint density at radius 1 is 1.54 bits per heavy atom. The fourth-order valence-electron chi connectivity index (χ4n) is 0.919. The molecule has 0 aliphatic rings. The van der Waals surface area contributed by atoms with Gasteiger partial charge < -0.3 is 4.74 Å². The first-order valence-corrected chi connectivity index (χ1v) is 4.94. The van der Waals surface area contributed by atoms with Gasteiger partial charge in [0, 0.05) is 10.0 Å². The van der Waals surface area contributed by atoms with E-state index in [2.05, 4.69) is 15.9 Å². The number of hydrogen-bond acceptors (Lipinski definition) is 2. The van der Waals surface area contributed by atoms with E-state index in [0.717, 1.165) is 4.47 Å². The van der Waals surface area contributed by atoms with Crippen molar-refractivity contribution < 1.29 is 9.53 Å². The Balaban J connectivity index is 3.08. The normalized spacial score (nSPS) is 9.77. The van der Waals surface area contributed by atoms with E-state index in [1.165, 1.54) is 0 Å². The number of halogens is 2. The second-order valence-corrected chi connectivity index (χ2v) is 3.62. The largest absolute Gasteiger partial charge is 0.497 e. The van der Waals surface area contributed by atoms with Crippen molar-refractivity contribution in [3.05, 3.63) is 28.2 Å². The summed E-state index contributed by atoms with van der Waals surface area (Å²) in [6.07, 6.45) is 0. The van der Waals surface area contributed by atoms with Crippen LogP contribution in [0.2, 0.25) is 0 Å². The Hall–Kier alpha value is -0.540. The lowest BCUT2D eigenvalue weighted by atomic mass is 10.1. The number of alkyl halides is 1. The summed E-state index contributed by atoms with van der Waals surface area (Å²) in [5.41, 5.74) is 0.557. The summed E-state index contributed by atoms with van der Waals surface area (Å²) in [5.74, 6) is 0.517. The highest BCUT2D eigenvalue weighted by atomic mass is 79.9. The van der Waals surface area contributed by atoms with Crippen LogP contribution in [0.4, 0.5) is 0 Å². The Kier molecular flexibility index (Phi) is 3.75. The van der Waals surface area contributed by atoms with Gasteiger partial charge >= 0.3 is 0 Å². The van der Waals surface area contributed by atoms with Crippen molar-refractivity contribution in [1.29, 1.82) is 0 Å². The zero-order valence-corrected chi connectivity index (χ0v) is 9.35. The molecule has 0 saturated carbocycles. The van der Waals surface area contributed by atoms with Gasteiger partial charge in [-0.1, -0.05) is 15.9 Å². The number of hydrogen-bond donors (Lipinski definition) is 0. The van der Waals surface area contributed by atoms with Crippen LogP contribution in [0.1, 0.15) is 10.4 Å². The van der Waals surface area contributed by atoms with Gasteiger partial charge in [0.1, 0.15) is 5.75 Å². The van der Waals surface area contributed by atoms with E-state index in [9.17, 15) is 4.79 Å². The third kappa shape index (κ3) is 2.71. The lowest BCUT2D eigenvalue weighted by molar-refractivity contribution is 0.102. The van der Waals surface area contributed by atoms with Crippen LogP contribution >= 0.6 is 27.5 Å². The number of ether oxygens (including phenoxy) is 1. The maximum atomic E-state index is 11.2. The van der Waals surface area contributed by atoms with Crippen LogP contribution in [0.5, 0.6) is 5.75 Å². The molecule has 0 heterocycles. The van der Waals surface area contributed by atoms with Crippen LogP contribution in [0.3, 0.4) is 0 Å². The van der Waals surface area contributed by atoms with Crippen LogP contribution in [0, 0.1) is 0 Å². The maximum absolute atomic E-state index is 11.2. The number of benzene rings is 1. The zero-order valence-electron chi connectivity index (χ0n) is 7.01. The highest BCUT2D eigenvalue weighted by molar-refractivity contribution is 9.10. The van der Waals surface area contributed by atoms with Gasteiger partial charge in [-0.15, -0.1) is 11.6 Å². The molecule has 0 aliphatic heterocycles. The highest BCUT2D eigenvalue weighted by Crippen LogP contribution is 2.21. The molecule has 0 radical (unpaired) electrons. The Morgan fingerprint density at radius 2 is 2.23 bits per heavy atom. The third-order valence-electron chi connectivity index (χ3n) is 1.55. The second-order valence-electron chi connectivity index (χ2n) is 2.44. The monoisotopic (exact) mass is 262 g/mol. The summed E-state index contributed by atoms with van der Waals surface area (Å²) in [6.45, 7) is 0. The standard InChI is InChI=1S/C9H8BrClO2/c1-13-8-3-6(9(12)5-11)2-7(10)4-8/h2-4H,5H2,1H3. The molecule has 4 heteroatoms. The molecule has 0 amide bonds. The van der Waals surface area contributed by atoms with Crippen molar-refractivity contribution in [2.45, 2.75) is 0 Å². The molecule has 1 aromatic rings. The Morgan fingerprint density at radius 3 is 2.77 bits per heavy atom. The minimum Gasteiger partial charge on any atom is -0.497 e. The molecule has 13 heavy (non-hydrogen) atoms. The van der Waals surface area contributed by atoms with E-state index >= 15 is 0 Å². The van der Waals surface area contributed by atoms with E-state index < -0.39 is 0 Å². The van der Waals surface area contributed by atoms with Gasteiger partial charge in [0.15, 0.2) is 5.78 Å². The average molecular weight is 264 g/mol. The van der Waals surface area contributed by atoms with Gasteiger partial charge in [-0.25, -0.2) is 0 Å². The predicted octanol–water partition coefficient (Wildman–Crippen LogP) is 2.88. The van der Waals surface area contributed by atoms with E-state index in [1.54, 1.807) is 25.3 Å². The van der Waals surface area contributed by atoms with Crippen molar-refractivity contribution in [2.75, 3.05) is 13.0 Å². The molecule has 2 nitrogen and oxygen atoms in total. The number of carbonyl (C=O) groups is 1. The van der Waals surface area contributed by atoms with Crippen molar-refractivity contribution in [1.82, 2.24) is 0 Å². The Labute approximate surface area is 90.0 Å². The number of Topliss-reactive ketones (excluding diaryl/α,β-unsaturated/α-hetero) is 1. The van der Waals surface area contributed by atoms with Crippen molar-refractivity contribution in [3.8, 4) is 5.75 Å². The first-order valence-electron chi connectivity index (χ1n) is 3.61. The molecule has 0 unspecified atom stereocenters. The summed E-state index contributed by atoms with van der Waals surface area (Å²) in [6, 6.07) is 5.16. The van der Waals surface area contributed by atoms with Gasteiger partial charge in [-0.05, 0) is 18.2 Å². The number of rotatable bonds is 3. The molecular formula is C9H8BrClO2. The Bertz CT molecular complexity index is 325. The van der Waals surface area contributed by atoms with Crippen LogP contribution < -0.4 is 4.74 Å². The summed E-state index contributed by atoms with van der Waals surface area (Å²) in [4.78, 5) is 11.2. The van der Waals surface area contributed by atoms with Crippen LogP contribution in [-0.2, 0) is 0 Å². The summed E-state index contributed by atoms with van der Waals surface area (Å²) >= 11 is 8.70. The molecule has 0 fully saturated rings. The van der Waals surface area contributed by atoms with Crippen molar-refractivity contribution in [3.63, 3.8) is 0 Å². The smallest absolute Gasteiger partial charge is 0.177 e. The highest BCUT2D eigenvalue weighted by Gasteiger charge is 2.06. The molecule has 0 N–H and O–H groups in total. The molecule has 0 bridgehead atoms. The fraction of sp³-hybridized carbons (Fsp3) is 0.222. The lowest BCUT2D eigenvalue weighted by Crippen LogP contribution is -2.00. The number of ketones is 1. The summed E-state index contributed by atoms with van der Waals surface area (Å²) < 4.78 is 5.81. The number of methoxy groups -OCH3 is 1. The van der Waals surface area contributed by atoms with Gasteiger partial charge in [0.2, 0.25) is 0 Å². The average Bonchev–Trinajstić information content (AvgIpc) is 2.15. The van der Waals surface area contributed by atoms with E-state index in [0.29, 0.717) is 11.3 Å². The van der Waals surface area contributed by atoms with Crippen molar-refractivity contribution >= 4 is 33.3 Å². The molecule has 70 valence electrons. The van der Waals surface area contributed by atoms with Gasteiger partial charge in [0.25, 0.3) is 0 Å². The minimum atomic E-state index is -0.110. The fourth-order valence-corrected chi connectivity index (χ4v) is 1.55. The van der Waals surface area contributed by atoms with E-state index in [-0.39, 0.29) is 11.7 Å². The van der Waals surface area contributed by atoms with Gasteiger partial charge in [-0.3, -0.25) is 4.79 Å². The predicted molar refractivity (Wildman–Crippen MR) is 55.7 cm³/mol. The second kappa shape index (κ2) is 4.63. The first kappa shape index (κ1) is 10.5.